The zero-order chi connectivity index (χ0) is 9.97. The number of ketones is 1. The molecule has 3 heteroatoms. The average Bonchev–Trinajstić information content (AvgIpc) is 2.65. The monoisotopic (exact) mass is 188 g/mol. The standard InChI is InChI=1S/C11H8O3/c12-10-6-9(7-14-10)11(13)8-4-2-1-3-5-8/h1-5,7H,6H2. The number of hydrogen-bond donors (Lipinski definition) is 0. The van der Waals surface area contributed by atoms with E-state index >= 15 is 0 Å². The molecule has 0 aromatic heterocycles. The predicted octanol–water partition coefficient (Wildman–Crippen LogP) is 1.70. The summed E-state index contributed by atoms with van der Waals surface area (Å²) in [5.74, 6) is -0.513. The van der Waals surface area contributed by atoms with Crippen LogP contribution in [0, 0.1) is 0 Å². The van der Waals surface area contributed by atoms with Crippen molar-refractivity contribution in [1.82, 2.24) is 0 Å². The van der Waals surface area contributed by atoms with Gasteiger partial charge in [0.2, 0.25) is 0 Å². The fourth-order valence-electron chi connectivity index (χ4n) is 1.28. The van der Waals surface area contributed by atoms with Gasteiger partial charge in [0.25, 0.3) is 0 Å². The number of cyclic esters (lactones) is 1. The fraction of sp³-hybridized carbons (Fsp3) is 0.0909. The molecule has 2 rings (SSSR count). The number of ether oxygens (including phenoxy) is 1. The highest BCUT2D eigenvalue weighted by Crippen LogP contribution is 2.17. The normalized spacial score (nSPS) is 14.9. The van der Waals surface area contributed by atoms with Crippen LogP contribution in [0.2, 0.25) is 0 Å². The van der Waals surface area contributed by atoms with E-state index < -0.39 is 0 Å². The zero-order valence-corrected chi connectivity index (χ0v) is 7.40. The van der Waals surface area contributed by atoms with E-state index in [9.17, 15) is 9.59 Å². The summed E-state index contributed by atoms with van der Waals surface area (Å²) in [7, 11) is 0. The van der Waals surface area contributed by atoms with Crippen molar-refractivity contribution in [2.45, 2.75) is 6.42 Å². The van der Waals surface area contributed by atoms with E-state index in [1.54, 1.807) is 24.3 Å². The van der Waals surface area contributed by atoms with Crippen LogP contribution in [-0.2, 0) is 9.53 Å². The van der Waals surface area contributed by atoms with Crippen molar-refractivity contribution in [3.8, 4) is 0 Å². The summed E-state index contributed by atoms with van der Waals surface area (Å²) in [5, 5.41) is 0. The van der Waals surface area contributed by atoms with Gasteiger partial charge in [-0.3, -0.25) is 9.59 Å². The summed E-state index contributed by atoms with van der Waals surface area (Å²) in [5.41, 5.74) is 0.998. The van der Waals surface area contributed by atoms with Crippen LogP contribution in [0.4, 0.5) is 0 Å². The summed E-state index contributed by atoms with van der Waals surface area (Å²) < 4.78 is 4.59. The molecule has 0 aliphatic carbocycles. The number of Topliss-reactive ketones (excluding diaryl/α,β-unsaturated/α-hetero) is 1. The summed E-state index contributed by atoms with van der Waals surface area (Å²) in [6, 6.07) is 8.83. The van der Waals surface area contributed by atoms with E-state index in [1.807, 2.05) is 6.07 Å². The van der Waals surface area contributed by atoms with Crippen molar-refractivity contribution in [2.75, 3.05) is 0 Å². The summed E-state index contributed by atoms with van der Waals surface area (Å²) in [6.07, 6.45) is 1.31. The van der Waals surface area contributed by atoms with Crippen LogP contribution < -0.4 is 0 Å². The van der Waals surface area contributed by atoms with Crippen LogP contribution >= 0.6 is 0 Å². The minimum atomic E-state index is -0.371. The molecular weight excluding hydrogens is 180 g/mol. The first-order valence-electron chi connectivity index (χ1n) is 4.25. The first-order chi connectivity index (χ1) is 6.77. The maximum Gasteiger partial charge on any atom is 0.315 e. The first kappa shape index (κ1) is 8.69. The van der Waals surface area contributed by atoms with Gasteiger partial charge in [0.15, 0.2) is 5.78 Å². The smallest absolute Gasteiger partial charge is 0.315 e. The molecule has 0 bridgehead atoms. The third-order valence-corrected chi connectivity index (χ3v) is 2.00. The molecular formula is C11H8O3. The zero-order valence-electron chi connectivity index (χ0n) is 7.40. The van der Waals surface area contributed by atoms with Gasteiger partial charge in [0.05, 0.1) is 6.42 Å². The van der Waals surface area contributed by atoms with E-state index in [0.29, 0.717) is 11.1 Å². The molecule has 1 aliphatic rings. The molecule has 3 nitrogen and oxygen atoms in total. The lowest BCUT2D eigenvalue weighted by atomic mass is 10.0. The Hall–Kier alpha value is -1.90. The number of esters is 1. The Morgan fingerprint density at radius 3 is 2.50 bits per heavy atom. The third-order valence-electron chi connectivity index (χ3n) is 2.00. The molecule has 0 spiro atoms. The van der Waals surface area contributed by atoms with Crippen LogP contribution in [0.1, 0.15) is 16.8 Å². The van der Waals surface area contributed by atoms with Gasteiger partial charge in [-0.15, -0.1) is 0 Å². The van der Waals surface area contributed by atoms with Crippen molar-refractivity contribution < 1.29 is 14.3 Å². The van der Waals surface area contributed by atoms with Crippen molar-refractivity contribution in [1.29, 1.82) is 0 Å². The van der Waals surface area contributed by atoms with Gasteiger partial charge in [-0.1, -0.05) is 30.3 Å². The number of carbonyl (C=O) groups is 2. The van der Waals surface area contributed by atoms with Crippen LogP contribution in [-0.4, -0.2) is 11.8 Å². The molecule has 14 heavy (non-hydrogen) atoms. The second-order valence-electron chi connectivity index (χ2n) is 3.00. The van der Waals surface area contributed by atoms with E-state index in [2.05, 4.69) is 4.74 Å². The molecule has 1 aromatic rings. The quantitative estimate of drug-likeness (QED) is 0.524. The Balaban J connectivity index is 2.22. The van der Waals surface area contributed by atoms with E-state index in [0.717, 1.165) is 0 Å². The Morgan fingerprint density at radius 2 is 1.93 bits per heavy atom. The van der Waals surface area contributed by atoms with Gasteiger partial charge < -0.3 is 4.74 Å². The summed E-state index contributed by atoms with van der Waals surface area (Å²) >= 11 is 0. The number of carbonyl (C=O) groups excluding carboxylic acids is 2. The second-order valence-corrected chi connectivity index (χ2v) is 3.00. The van der Waals surface area contributed by atoms with Gasteiger partial charge in [-0.25, -0.2) is 0 Å². The molecule has 0 radical (unpaired) electrons. The molecule has 0 atom stereocenters. The fourth-order valence-corrected chi connectivity index (χ4v) is 1.28. The third kappa shape index (κ3) is 1.57. The molecule has 0 saturated heterocycles. The highest BCUT2D eigenvalue weighted by molar-refractivity contribution is 6.11. The number of rotatable bonds is 2. The predicted molar refractivity (Wildman–Crippen MR) is 49.6 cm³/mol. The van der Waals surface area contributed by atoms with Crippen LogP contribution in [0.5, 0.6) is 0 Å². The molecule has 70 valence electrons. The Bertz CT molecular complexity index is 404. The largest absolute Gasteiger partial charge is 0.434 e. The number of hydrogen-bond acceptors (Lipinski definition) is 3. The summed E-state index contributed by atoms with van der Waals surface area (Å²) in [6.45, 7) is 0. The molecule has 0 saturated carbocycles. The van der Waals surface area contributed by atoms with Crippen LogP contribution in [0.25, 0.3) is 0 Å². The maximum absolute atomic E-state index is 11.7. The Labute approximate surface area is 81.0 Å². The highest BCUT2D eigenvalue weighted by atomic mass is 16.5. The molecule has 1 aromatic carbocycles. The van der Waals surface area contributed by atoms with Crippen LogP contribution in [0.3, 0.4) is 0 Å². The first-order valence-corrected chi connectivity index (χ1v) is 4.25. The topological polar surface area (TPSA) is 43.4 Å². The molecule has 0 unspecified atom stereocenters. The van der Waals surface area contributed by atoms with Crippen molar-refractivity contribution in [3.05, 3.63) is 47.7 Å². The van der Waals surface area contributed by atoms with Crippen LogP contribution in [0.15, 0.2) is 42.2 Å². The highest BCUT2D eigenvalue weighted by Gasteiger charge is 2.21. The maximum atomic E-state index is 11.7. The van der Waals surface area contributed by atoms with E-state index in [-0.39, 0.29) is 18.2 Å². The Morgan fingerprint density at radius 1 is 1.21 bits per heavy atom. The van der Waals surface area contributed by atoms with E-state index in [1.165, 1.54) is 6.26 Å². The molecule has 0 amide bonds. The summed E-state index contributed by atoms with van der Waals surface area (Å²) in [4.78, 5) is 22.5. The lowest BCUT2D eigenvalue weighted by molar-refractivity contribution is -0.135. The Kier molecular flexibility index (Phi) is 2.14. The van der Waals surface area contributed by atoms with Gasteiger partial charge in [-0.2, -0.15) is 0 Å². The lowest BCUT2D eigenvalue weighted by Crippen LogP contribution is -2.02. The molecule has 0 N–H and O–H groups in total. The van der Waals surface area contributed by atoms with Crippen molar-refractivity contribution >= 4 is 11.8 Å². The lowest BCUT2D eigenvalue weighted by Gasteiger charge is -1.97. The van der Waals surface area contributed by atoms with Gasteiger partial charge in [0.1, 0.15) is 6.26 Å². The molecule has 1 aliphatic heterocycles. The van der Waals surface area contributed by atoms with E-state index in [4.69, 9.17) is 0 Å². The van der Waals surface area contributed by atoms with Gasteiger partial charge >= 0.3 is 5.97 Å². The van der Waals surface area contributed by atoms with Crippen molar-refractivity contribution in [3.63, 3.8) is 0 Å². The molecule has 0 fully saturated rings. The average molecular weight is 188 g/mol. The second kappa shape index (κ2) is 3.46. The molecule has 1 heterocycles. The number of benzene rings is 1. The minimum Gasteiger partial charge on any atom is -0.434 e. The SMILES string of the molecule is O=C1CC(C(=O)c2ccccc2)=CO1. The minimum absolute atomic E-state index is 0.0771. The van der Waals surface area contributed by atoms with Gasteiger partial charge in [0, 0.05) is 11.1 Å². The van der Waals surface area contributed by atoms with Gasteiger partial charge in [-0.05, 0) is 0 Å². The van der Waals surface area contributed by atoms with Crippen molar-refractivity contribution in [2.24, 2.45) is 0 Å².